The number of aromatic nitrogens is 1. The molecule has 0 aliphatic heterocycles. The zero-order valence-corrected chi connectivity index (χ0v) is 16.1. The summed E-state index contributed by atoms with van der Waals surface area (Å²) in [7, 11) is 1.35. The third-order valence-electron chi connectivity index (χ3n) is 3.90. The van der Waals surface area contributed by atoms with Gasteiger partial charge in [-0.05, 0) is 17.7 Å². The van der Waals surface area contributed by atoms with Gasteiger partial charge in [0.15, 0.2) is 5.01 Å². The van der Waals surface area contributed by atoms with E-state index in [1.165, 1.54) is 18.4 Å². The zero-order chi connectivity index (χ0) is 19.8. The van der Waals surface area contributed by atoms with Crippen molar-refractivity contribution in [1.82, 2.24) is 10.3 Å². The highest BCUT2D eigenvalue weighted by Crippen LogP contribution is 2.21. The Morgan fingerprint density at radius 1 is 1.07 bits per heavy atom. The number of nitrogens with zero attached hydrogens (tertiary/aromatic N) is 1. The highest BCUT2D eigenvalue weighted by Gasteiger charge is 2.11. The van der Waals surface area contributed by atoms with Gasteiger partial charge in [-0.1, -0.05) is 54.3 Å². The first-order chi connectivity index (χ1) is 13.7. The molecule has 0 atom stereocenters. The number of carbonyl (C=O) groups excluding carboxylic acids is 2. The molecule has 1 aromatic heterocycles. The Kier molecular flexibility index (Phi) is 6.55. The molecular weight excluding hydrogens is 372 g/mol. The molecule has 3 aromatic rings. The summed E-state index contributed by atoms with van der Waals surface area (Å²) in [5, 5.41) is 5.04. The van der Waals surface area contributed by atoms with Crippen LogP contribution in [0.2, 0.25) is 0 Å². The maximum Gasteiger partial charge on any atom is 0.337 e. The fourth-order valence-electron chi connectivity index (χ4n) is 2.42. The van der Waals surface area contributed by atoms with Crippen molar-refractivity contribution in [3.63, 3.8) is 0 Å². The average Bonchev–Trinajstić information content (AvgIpc) is 3.24. The molecule has 3 rings (SSSR count). The van der Waals surface area contributed by atoms with Crippen LogP contribution in [0.4, 0.5) is 0 Å². The number of hydrogen-bond donors (Lipinski definition) is 1. The Hall–Kier alpha value is -3.43. The minimum Gasteiger partial charge on any atom is -0.465 e. The third kappa shape index (κ3) is 5.06. The van der Waals surface area contributed by atoms with E-state index in [0.717, 1.165) is 16.8 Å². The van der Waals surface area contributed by atoms with Crippen LogP contribution in [0, 0.1) is 11.8 Å². The number of thiazole rings is 1. The molecule has 0 saturated heterocycles. The Morgan fingerprint density at radius 2 is 1.82 bits per heavy atom. The van der Waals surface area contributed by atoms with Gasteiger partial charge >= 0.3 is 5.97 Å². The molecular formula is C22H18N2O3S. The van der Waals surface area contributed by atoms with E-state index in [-0.39, 0.29) is 18.4 Å². The van der Waals surface area contributed by atoms with Gasteiger partial charge in [-0.2, -0.15) is 0 Å². The standard InChI is InChI=1S/C22H18N2O3S/c1-27-22(26)18-12-10-16(11-13-18)7-5-6-14-23-20(25)21-24-19(15-28-21)17-8-3-2-4-9-17/h2-4,8-13,15H,7,14H2,1H3,(H,23,25). The fraction of sp³-hybridized carbons (Fsp3) is 0.136. The molecule has 1 N–H and O–H groups in total. The first-order valence-electron chi connectivity index (χ1n) is 8.59. The fourth-order valence-corrected chi connectivity index (χ4v) is 3.17. The minimum absolute atomic E-state index is 0.232. The summed E-state index contributed by atoms with van der Waals surface area (Å²) in [5.41, 5.74) is 3.26. The number of carbonyl (C=O) groups is 2. The van der Waals surface area contributed by atoms with Crippen molar-refractivity contribution < 1.29 is 14.3 Å². The van der Waals surface area contributed by atoms with Crippen LogP contribution in [0.15, 0.2) is 60.0 Å². The lowest BCUT2D eigenvalue weighted by Crippen LogP contribution is -2.23. The van der Waals surface area contributed by atoms with Crippen LogP contribution in [0.3, 0.4) is 0 Å². The van der Waals surface area contributed by atoms with Crippen molar-refractivity contribution in [2.45, 2.75) is 6.42 Å². The smallest absolute Gasteiger partial charge is 0.337 e. The van der Waals surface area contributed by atoms with Crippen LogP contribution in [0.25, 0.3) is 11.3 Å². The molecule has 2 aromatic carbocycles. The number of amides is 1. The van der Waals surface area contributed by atoms with E-state index in [4.69, 9.17) is 0 Å². The van der Waals surface area contributed by atoms with Gasteiger partial charge in [-0.15, -0.1) is 11.3 Å². The van der Waals surface area contributed by atoms with Crippen molar-refractivity contribution in [2.24, 2.45) is 0 Å². The summed E-state index contributed by atoms with van der Waals surface area (Å²) in [6, 6.07) is 16.8. The molecule has 0 radical (unpaired) electrons. The van der Waals surface area contributed by atoms with Gasteiger partial charge in [0.05, 0.1) is 24.9 Å². The second-order valence-electron chi connectivity index (χ2n) is 5.81. The molecule has 0 unspecified atom stereocenters. The van der Waals surface area contributed by atoms with E-state index >= 15 is 0 Å². The highest BCUT2D eigenvalue weighted by atomic mass is 32.1. The number of ether oxygens (including phenoxy) is 1. The van der Waals surface area contributed by atoms with Gasteiger partial charge in [0.2, 0.25) is 0 Å². The predicted molar refractivity (Wildman–Crippen MR) is 109 cm³/mol. The van der Waals surface area contributed by atoms with Gasteiger partial charge in [0, 0.05) is 17.4 Å². The highest BCUT2D eigenvalue weighted by molar-refractivity contribution is 7.12. The van der Waals surface area contributed by atoms with Gasteiger partial charge in [-0.3, -0.25) is 4.79 Å². The van der Waals surface area contributed by atoms with Crippen LogP contribution in [-0.4, -0.2) is 30.5 Å². The number of hydrogen-bond acceptors (Lipinski definition) is 5. The zero-order valence-electron chi connectivity index (χ0n) is 15.3. The van der Waals surface area contributed by atoms with E-state index in [2.05, 4.69) is 26.9 Å². The maximum absolute atomic E-state index is 12.2. The molecule has 0 fully saturated rings. The molecule has 1 heterocycles. The van der Waals surface area contributed by atoms with Crippen LogP contribution >= 0.6 is 11.3 Å². The lowest BCUT2D eigenvalue weighted by atomic mass is 10.1. The molecule has 1 amide bonds. The normalized spacial score (nSPS) is 9.89. The number of rotatable bonds is 5. The van der Waals surface area contributed by atoms with Crippen LogP contribution in [-0.2, 0) is 11.2 Å². The Bertz CT molecular complexity index is 1020. The maximum atomic E-state index is 12.2. The number of benzene rings is 2. The summed E-state index contributed by atoms with van der Waals surface area (Å²) in [6.45, 7) is 0.249. The Labute approximate surface area is 167 Å². The van der Waals surface area contributed by atoms with E-state index in [9.17, 15) is 9.59 Å². The predicted octanol–water partition coefficient (Wildman–Crippen LogP) is 3.57. The minimum atomic E-state index is -0.363. The van der Waals surface area contributed by atoms with Gasteiger partial charge in [0.25, 0.3) is 5.91 Å². The van der Waals surface area contributed by atoms with Crippen LogP contribution < -0.4 is 5.32 Å². The average molecular weight is 390 g/mol. The first-order valence-corrected chi connectivity index (χ1v) is 9.47. The molecule has 0 aliphatic rings. The summed E-state index contributed by atoms with van der Waals surface area (Å²) < 4.78 is 4.66. The lowest BCUT2D eigenvalue weighted by Gasteiger charge is -2.00. The molecule has 0 saturated carbocycles. The molecule has 5 nitrogen and oxygen atoms in total. The number of nitrogens with one attached hydrogen (secondary N) is 1. The van der Waals surface area contributed by atoms with Crippen molar-refractivity contribution in [2.75, 3.05) is 13.7 Å². The van der Waals surface area contributed by atoms with E-state index < -0.39 is 0 Å². The van der Waals surface area contributed by atoms with E-state index in [1.54, 1.807) is 12.1 Å². The molecule has 140 valence electrons. The molecule has 0 spiro atoms. The Balaban J connectivity index is 1.49. The largest absolute Gasteiger partial charge is 0.465 e. The van der Waals surface area contributed by atoms with Gasteiger partial charge < -0.3 is 10.1 Å². The Morgan fingerprint density at radius 3 is 2.54 bits per heavy atom. The number of methoxy groups -OCH3 is 1. The molecule has 6 heteroatoms. The first kappa shape index (κ1) is 19.3. The van der Waals surface area contributed by atoms with Gasteiger partial charge in [0.1, 0.15) is 0 Å². The molecule has 0 bridgehead atoms. The summed E-state index contributed by atoms with van der Waals surface area (Å²) in [6.07, 6.45) is 0.534. The quantitative estimate of drug-likeness (QED) is 0.534. The van der Waals surface area contributed by atoms with Crippen LogP contribution in [0.5, 0.6) is 0 Å². The van der Waals surface area contributed by atoms with Crippen molar-refractivity contribution in [3.05, 3.63) is 76.1 Å². The second-order valence-corrected chi connectivity index (χ2v) is 6.66. The topological polar surface area (TPSA) is 68.3 Å². The summed E-state index contributed by atoms with van der Waals surface area (Å²) in [5.74, 6) is 5.33. The molecule has 0 aliphatic carbocycles. The van der Waals surface area contributed by atoms with Crippen molar-refractivity contribution >= 4 is 23.2 Å². The van der Waals surface area contributed by atoms with E-state index in [0.29, 0.717) is 17.0 Å². The SMILES string of the molecule is COC(=O)c1ccc(CC#CCNC(=O)c2nc(-c3ccccc3)cs2)cc1. The summed E-state index contributed by atoms with van der Waals surface area (Å²) in [4.78, 5) is 27.9. The van der Waals surface area contributed by atoms with Crippen molar-refractivity contribution in [1.29, 1.82) is 0 Å². The lowest BCUT2D eigenvalue weighted by molar-refractivity contribution is 0.0600. The molecule has 28 heavy (non-hydrogen) atoms. The monoisotopic (exact) mass is 390 g/mol. The number of esters is 1. The third-order valence-corrected chi connectivity index (χ3v) is 4.74. The summed E-state index contributed by atoms with van der Waals surface area (Å²) >= 11 is 1.31. The van der Waals surface area contributed by atoms with Crippen LogP contribution in [0.1, 0.15) is 25.7 Å². The van der Waals surface area contributed by atoms with Crippen molar-refractivity contribution in [3.8, 4) is 23.1 Å². The second kappa shape index (κ2) is 9.49. The van der Waals surface area contributed by atoms with Gasteiger partial charge in [-0.25, -0.2) is 9.78 Å². The van der Waals surface area contributed by atoms with E-state index in [1.807, 2.05) is 47.8 Å².